The van der Waals surface area contributed by atoms with E-state index in [0.29, 0.717) is 25.1 Å². The Bertz CT molecular complexity index is 896. The molecule has 0 spiro atoms. The van der Waals surface area contributed by atoms with Gasteiger partial charge in [-0.1, -0.05) is 30.3 Å². The summed E-state index contributed by atoms with van der Waals surface area (Å²) in [5.74, 6) is -0.217. The molecule has 0 unspecified atom stereocenters. The highest BCUT2D eigenvalue weighted by atomic mass is 16.5. The summed E-state index contributed by atoms with van der Waals surface area (Å²) in [4.78, 5) is 27.3. The van der Waals surface area contributed by atoms with Gasteiger partial charge in [0.25, 0.3) is 0 Å². The summed E-state index contributed by atoms with van der Waals surface area (Å²) in [6, 6.07) is 10.8. The van der Waals surface area contributed by atoms with E-state index in [4.69, 9.17) is 4.74 Å². The lowest BCUT2D eigenvalue weighted by atomic mass is 10.0. The van der Waals surface area contributed by atoms with Gasteiger partial charge in [-0.15, -0.1) is 0 Å². The Morgan fingerprint density at radius 1 is 1.13 bits per heavy atom. The molecule has 1 fully saturated rings. The van der Waals surface area contributed by atoms with Crippen molar-refractivity contribution in [2.24, 2.45) is 7.05 Å². The van der Waals surface area contributed by atoms with Crippen LogP contribution in [0.25, 0.3) is 0 Å². The van der Waals surface area contributed by atoms with Crippen LogP contribution in [0, 0.1) is 13.8 Å². The van der Waals surface area contributed by atoms with Gasteiger partial charge < -0.3 is 14.6 Å². The van der Waals surface area contributed by atoms with Crippen LogP contribution in [0.5, 0.6) is 0 Å². The minimum Gasteiger partial charge on any atom is -0.461 e. The molecule has 0 aliphatic carbocycles. The fourth-order valence-corrected chi connectivity index (χ4v) is 4.51. The predicted octanol–water partition coefficient (Wildman–Crippen LogP) is 3.53. The molecule has 31 heavy (non-hydrogen) atoms. The number of hydrogen-bond acceptors (Lipinski definition) is 4. The third-order valence-electron chi connectivity index (χ3n) is 6.36. The van der Waals surface area contributed by atoms with Crippen LogP contribution in [0.3, 0.4) is 0 Å². The number of nitrogens with one attached hydrogen (secondary N) is 1. The highest BCUT2D eigenvalue weighted by molar-refractivity contribution is 5.90. The summed E-state index contributed by atoms with van der Waals surface area (Å²) in [5.41, 5.74) is 4.92. The van der Waals surface area contributed by atoms with E-state index in [-0.39, 0.29) is 17.9 Å². The lowest BCUT2D eigenvalue weighted by molar-refractivity contribution is -0.122. The van der Waals surface area contributed by atoms with Crippen LogP contribution in [0.15, 0.2) is 30.3 Å². The van der Waals surface area contributed by atoms with Gasteiger partial charge in [-0.05, 0) is 56.7 Å². The molecule has 1 N–H and O–H groups in total. The Labute approximate surface area is 185 Å². The van der Waals surface area contributed by atoms with Gasteiger partial charge in [0.2, 0.25) is 5.91 Å². The van der Waals surface area contributed by atoms with Crippen LogP contribution in [-0.2, 0) is 29.5 Å². The molecule has 1 aliphatic heterocycles. The predicted molar refractivity (Wildman–Crippen MR) is 122 cm³/mol. The van der Waals surface area contributed by atoms with Crippen molar-refractivity contribution < 1.29 is 14.3 Å². The maximum Gasteiger partial charge on any atom is 0.355 e. The molecule has 1 amide bonds. The molecule has 2 aromatic rings. The number of ether oxygens (including phenoxy) is 1. The second kappa shape index (κ2) is 10.6. The first-order valence-corrected chi connectivity index (χ1v) is 11.3. The van der Waals surface area contributed by atoms with Crippen LogP contribution in [0.2, 0.25) is 0 Å². The van der Waals surface area contributed by atoms with Gasteiger partial charge in [0.05, 0.1) is 6.61 Å². The fraction of sp³-hybridized carbons (Fsp3) is 0.520. The summed E-state index contributed by atoms with van der Waals surface area (Å²) in [6.45, 7) is 9.06. The molecule has 0 radical (unpaired) electrons. The highest BCUT2D eigenvalue weighted by Crippen LogP contribution is 2.23. The Balaban J connectivity index is 1.48. The number of carbonyl (C=O) groups is 2. The van der Waals surface area contributed by atoms with E-state index in [2.05, 4.69) is 34.5 Å². The number of likely N-dealkylation sites (tertiary alicyclic amines) is 1. The van der Waals surface area contributed by atoms with Crippen LogP contribution in [0.4, 0.5) is 0 Å². The molecular weight excluding hydrogens is 390 g/mol. The number of rotatable bonds is 8. The quantitative estimate of drug-likeness (QED) is 0.657. The van der Waals surface area contributed by atoms with E-state index < -0.39 is 0 Å². The smallest absolute Gasteiger partial charge is 0.355 e. The maximum absolute atomic E-state index is 12.6. The molecule has 1 aromatic heterocycles. The molecule has 0 saturated carbocycles. The number of esters is 1. The number of benzene rings is 1. The van der Waals surface area contributed by atoms with E-state index in [9.17, 15) is 9.59 Å². The SMILES string of the molecule is CCOC(=O)c1c(C)c(CCC(=O)NC2CCN(Cc3ccccc3)CC2)c(C)n1C. The van der Waals surface area contributed by atoms with Crippen molar-refractivity contribution in [3.05, 3.63) is 58.4 Å². The second-order valence-electron chi connectivity index (χ2n) is 8.42. The van der Waals surface area contributed by atoms with Crippen LogP contribution in [0.1, 0.15) is 59.1 Å². The van der Waals surface area contributed by atoms with Gasteiger partial charge in [-0.2, -0.15) is 0 Å². The van der Waals surface area contributed by atoms with Crippen molar-refractivity contribution in [3.8, 4) is 0 Å². The average molecular weight is 426 g/mol. The largest absolute Gasteiger partial charge is 0.461 e. The Kier molecular flexibility index (Phi) is 7.91. The first-order chi connectivity index (χ1) is 14.9. The van der Waals surface area contributed by atoms with E-state index in [1.54, 1.807) is 6.92 Å². The maximum atomic E-state index is 12.6. The number of hydrogen-bond donors (Lipinski definition) is 1. The third kappa shape index (κ3) is 5.76. The van der Waals surface area contributed by atoms with Gasteiger partial charge in [-0.3, -0.25) is 9.69 Å². The van der Waals surface area contributed by atoms with Gasteiger partial charge in [0, 0.05) is 44.8 Å². The summed E-state index contributed by atoms with van der Waals surface area (Å²) in [6.07, 6.45) is 3.02. The van der Waals surface area contributed by atoms with Crippen molar-refractivity contribution in [2.75, 3.05) is 19.7 Å². The first-order valence-electron chi connectivity index (χ1n) is 11.3. The normalized spacial score (nSPS) is 15.1. The lowest BCUT2D eigenvalue weighted by Crippen LogP contribution is -2.44. The average Bonchev–Trinajstić information content (AvgIpc) is 2.97. The summed E-state index contributed by atoms with van der Waals surface area (Å²) in [5, 5.41) is 3.21. The van der Waals surface area contributed by atoms with E-state index in [1.165, 1.54) is 5.56 Å². The van der Waals surface area contributed by atoms with Crippen LogP contribution in [-0.4, -0.2) is 47.1 Å². The lowest BCUT2D eigenvalue weighted by Gasteiger charge is -2.32. The first kappa shape index (κ1) is 23.1. The van der Waals surface area contributed by atoms with Crippen LogP contribution >= 0.6 is 0 Å². The van der Waals surface area contributed by atoms with Gasteiger partial charge in [0.1, 0.15) is 5.69 Å². The zero-order valence-corrected chi connectivity index (χ0v) is 19.2. The molecule has 1 aliphatic rings. The van der Waals surface area contributed by atoms with Gasteiger partial charge >= 0.3 is 5.97 Å². The summed E-state index contributed by atoms with van der Waals surface area (Å²) in [7, 11) is 1.88. The van der Waals surface area contributed by atoms with Gasteiger partial charge in [0.15, 0.2) is 0 Å². The Morgan fingerprint density at radius 3 is 2.45 bits per heavy atom. The van der Waals surface area contributed by atoms with Crippen molar-refractivity contribution in [2.45, 2.75) is 59.0 Å². The van der Waals surface area contributed by atoms with Gasteiger partial charge in [-0.25, -0.2) is 4.79 Å². The second-order valence-corrected chi connectivity index (χ2v) is 8.42. The minimum absolute atomic E-state index is 0.0850. The van der Waals surface area contributed by atoms with E-state index in [0.717, 1.165) is 49.3 Å². The van der Waals surface area contributed by atoms with Crippen LogP contribution < -0.4 is 5.32 Å². The zero-order valence-electron chi connectivity index (χ0n) is 19.2. The van der Waals surface area contributed by atoms with Crippen molar-refractivity contribution in [1.82, 2.24) is 14.8 Å². The summed E-state index contributed by atoms with van der Waals surface area (Å²) < 4.78 is 7.07. The molecule has 6 nitrogen and oxygen atoms in total. The molecule has 1 saturated heterocycles. The number of carbonyl (C=O) groups excluding carboxylic acids is 2. The monoisotopic (exact) mass is 425 g/mol. The number of nitrogens with zero attached hydrogens (tertiary/aromatic N) is 2. The topological polar surface area (TPSA) is 63.6 Å². The molecule has 1 aromatic carbocycles. The minimum atomic E-state index is -0.302. The molecule has 2 heterocycles. The molecular formula is C25H35N3O3. The molecule has 168 valence electrons. The fourth-order valence-electron chi connectivity index (χ4n) is 4.51. The Hall–Kier alpha value is -2.60. The highest BCUT2D eigenvalue weighted by Gasteiger charge is 2.23. The van der Waals surface area contributed by atoms with E-state index in [1.807, 2.05) is 31.5 Å². The third-order valence-corrected chi connectivity index (χ3v) is 6.36. The number of amides is 1. The Morgan fingerprint density at radius 2 is 1.81 bits per heavy atom. The zero-order chi connectivity index (χ0) is 22.4. The molecule has 3 rings (SSSR count). The molecule has 0 bridgehead atoms. The number of piperidine rings is 1. The van der Waals surface area contributed by atoms with E-state index >= 15 is 0 Å². The molecule has 0 atom stereocenters. The number of aromatic nitrogens is 1. The van der Waals surface area contributed by atoms with Crippen molar-refractivity contribution in [1.29, 1.82) is 0 Å². The summed E-state index contributed by atoms with van der Waals surface area (Å²) >= 11 is 0. The van der Waals surface area contributed by atoms with Crippen molar-refractivity contribution in [3.63, 3.8) is 0 Å². The molecule has 6 heteroatoms. The standard InChI is InChI=1S/C25H35N3O3/c1-5-31-25(30)24-18(2)22(19(3)27(24)4)11-12-23(29)26-21-13-15-28(16-14-21)17-20-9-7-6-8-10-20/h6-10,21H,5,11-17H2,1-4H3,(H,26,29). The van der Waals surface area contributed by atoms with Crippen molar-refractivity contribution >= 4 is 11.9 Å².